The van der Waals surface area contributed by atoms with Gasteiger partial charge in [0.25, 0.3) is 5.91 Å². The van der Waals surface area contributed by atoms with E-state index in [-0.39, 0.29) is 5.91 Å². The first-order valence-electron chi connectivity index (χ1n) is 10.7. The third-order valence-corrected chi connectivity index (χ3v) is 5.62. The summed E-state index contributed by atoms with van der Waals surface area (Å²) in [5.41, 5.74) is 4.16. The molecule has 0 radical (unpaired) electrons. The van der Waals surface area contributed by atoms with Gasteiger partial charge in [-0.1, -0.05) is 24.3 Å². The van der Waals surface area contributed by atoms with Crippen LogP contribution in [0, 0.1) is 0 Å². The molecule has 3 heterocycles. The minimum atomic E-state index is -0.210. The largest absolute Gasteiger partial charge is 0.497 e. The van der Waals surface area contributed by atoms with Gasteiger partial charge in [-0.25, -0.2) is 4.98 Å². The zero-order valence-electron chi connectivity index (χ0n) is 18.8. The Balaban J connectivity index is 1.51. The number of ether oxygens (including phenoxy) is 2. The Morgan fingerprint density at radius 3 is 2.62 bits per heavy atom. The van der Waals surface area contributed by atoms with E-state index in [1.165, 1.54) is 0 Å². The molecule has 0 atom stereocenters. The van der Waals surface area contributed by atoms with Crippen molar-refractivity contribution in [3.63, 3.8) is 0 Å². The van der Waals surface area contributed by atoms with Gasteiger partial charge in [-0.15, -0.1) is 0 Å². The van der Waals surface area contributed by atoms with Gasteiger partial charge in [-0.2, -0.15) is 5.10 Å². The zero-order chi connectivity index (χ0) is 23.5. The number of imidazole rings is 1. The molecule has 0 unspecified atom stereocenters. The number of amides is 1. The molecule has 0 aliphatic heterocycles. The van der Waals surface area contributed by atoms with Crippen LogP contribution < -0.4 is 14.4 Å². The van der Waals surface area contributed by atoms with E-state index >= 15 is 0 Å². The van der Waals surface area contributed by atoms with Gasteiger partial charge in [0.05, 0.1) is 38.3 Å². The third kappa shape index (κ3) is 3.97. The molecular weight excluding hydrogens is 430 g/mol. The highest BCUT2D eigenvalue weighted by atomic mass is 16.5. The number of carbonyl (C=O) groups excluding carboxylic acids is 1. The van der Waals surface area contributed by atoms with Gasteiger partial charge in [-0.3, -0.25) is 9.89 Å². The molecule has 0 aliphatic carbocycles. The summed E-state index contributed by atoms with van der Waals surface area (Å²) >= 11 is 0. The summed E-state index contributed by atoms with van der Waals surface area (Å²) in [6.07, 6.45) is 3.73. The smallest absolute Gasteiger partial charge is 0.276 e. The lowest BCUT2D eigenvalue weighted by atomic mass is 10.1. The van der Waals surface area contributed by atoms with Crippen molar-refractivity contribution in [3.8, 4) is 22.8 Å². The van der Waals surface area contributed by atoms with Crippen LogP contribution in [0.4, 0.5) is 5.69 Å². The number of pyridine rings is 1. The maximum Gasteiger partial charge on any atom is 0.276 e. The molecule has 2 aromatic carbocycles. The Kier molecular flexibility index (Phi) is 5.70. The topological polar surface area (TPSA) is 84.8 Å². The Hall–Kier alpha value is -4.59. The number of rotatable bonds is 7. The van der Waals surface area contributed by atoms with Crippen molar-refractivity contribution in [2.24, 2.45) is 0 Å². The molecule has 0 spiro atoms. The summed E-state index contributed by atoms with van der Waals surface area (Å²) in [6, 6.07) is 22.5. The highest BCUT2D eigenvalue weighted by Crippen LogP contribution is 2.33. The fourth-order valence-corrected chi connectivity index (χ4v) is 3.88. The Labute approximate surface area is 196 Å². The summed E-state index contributed by atoms with van der Waals surface area (Å²) in [5, 5.41) is 7.29. The van der Waals surface area contributed by atoms with Crippen molar-refractivity contribution in [1.82, 2.24) is 19.6 Å². The predicted octanol–water partition coefficient (Wildman–Crippen LogP) is 4.59. The van der Waals surface area contributed by atoms with Gasteiger partial charge in [0.1, 0.15) is 22.8 Å². The number of hydrogen-bond acceptors (Lipinski definition) is 5. The molecule has 1 amide bonds. The van der Waals surface area contributed by atoms with E-state index in [4.69, 9.17) is 9.47 Å². The van der Waals surface area contributed by atoms with E-state index in [1.54, 1.807) is 31.4 Å². The highest BCUT2D eigenvalue weighted by molar-refractivity contribution is 6.05. The number of fused-ring (bicyclic) bond motifs is 1. The lowest BCUT2D eigenvalue weighted by molar-refractivity contribution is 0.0980. The Bertz CT molecular complexity index is 1440. The second-order valence-corrected chi connectivity index (χ2v) is 7.64. The summed E-state index contributed by atoms with van der Waals surface area (Å²) < 4.78 is 12.8. The van der Waals surface area contributed by atoms with Gasteiger partial charge in [0.2, 0.25) is 0 Å². The molecular formula is C26H23N5O3. The van der Waals surface area contributed by atoms with Crippen molar-refractivity contribution < 1.29 is 14.3 Å². The summed E-state index contributed by atoms with van der Waals surface area (Å²) in [6.45, 7) is 0.338. The van der Waals surface area contributed by atoms with Crippen LogP contribution in [0.3, 0.4) is 0 Å². The normalized spacial score (nSPS) is 10.9. The van der Waals surface area contributed by atoms with Gasteiger partial charge in [-0.05, 0) is 48.5 Å². The van der Waals surface area contributed by atoms with Crippen LogP contribution in [0.15, 0.2) is 85.2 Å². The highest BCUT2D eigenvalue weighted by Gasteiger charge is 2.23. The predicted molar refractivity (Wildman–Crippen MR) is 129 cm³/mol. The van der Waals surface area contributed by atoms with Crippen LogP contribution in [0.1, 0.15) is 16.2 Å². The van der Waals surface area contributed by atoms with Gasteiger partial charge >= 0.3 is 0 Å². The maximum atomic E-state index is 13.7. The SMILES string of the molecule is COc1ccc(OC)c(-c2cc(C(=O)N(Cc3cnc4ccccn34)c3ccccc3)[nH]n2)c1. The minimum Gasteiger partial charge on any atom is -0.497 e. The molecule has 0 saturated carbocycles. The number of anilines is 1. The van der Waals surface area contributed by atoms with E-state index in [1.807, 2.05) is 77.3 Å². The van der Waals surface area contributed by atoms with E-state index in [9.17, 15) is 4.79 Å². The molecule has 0 fully saturated rings. The van der Waals surface area contributed by atoms with E-state index < -0.39 is 0 Å². The second-order valence-electron chi connectivity index (χ2n) is 7.64. The zero-order valence-corrected chi connectivity index (χ0v) is 18.8. The number of methoxy groups -OCH3 is 2. The third-order valence-electron chi connectivity index (χ3n) is 5.62. The molecule has 5 aromatic rings. The lowest BCUT2D eigenvalue weighted by Crippen LogP contribution is -2.31. The molecule has 1 N–H and O–H groups in total. The Morgan fingerprint density at radius 1 is 1.00 bits per heavy atom. The van der Waals surface area contributed by atoms with Crippen molar-refractivity contribution >= 4 is 17.2 Å². The van der Waals surface area contributed by atoms with Gasteiger partial charge < -0.3 is 18.8 Å². The first-order chi connectivity index (χ1) is 16.7. The number of benzene rings is 2. The van der Waals surface area contributed by atoms with Crippen molar-refractivity contribution in [2.45, 2.75) is 6.54 Å². The summed E-state index contributed by atoms with van der Waals surface area (Å²) in [4.78, 5) is 19.9. The van der Waals surface area contributed by atoms with Crippen molar-refractivity contribution in [3.05, 3.63) is 96.6 Å². The van der Waals surface area contributed by atoms with Crippen LogP contribution >= 0.6 is 0 Å². The standard InChI is InChI=1S/C26H23N5O3/c1-33-20-11-12-24(34-2)21(14-20)22-15-23(29-28-22)26(32)31(18-8-4-3-5-9-18)17-19-16-27-25-10-6-7-13-30(19)25/h3-16H,17H2,1-2H3,(H,28,29). The van der Waals surface area contributed by atoms with Crippen molar-refractivity contribution in [2.75, 3.05) is 19.1 Å². The van der Waals surface area contributed by atoms with E-state index in [0.717, 1.165) is 22.6 Å². The van der Waals surface area contributed by atoms with Crippen LogP contribution in [0.2, 0.25) is 0 Å². The number of carbonyl (C=O) groups is 1. The summed E-state index contributed by atoms with van der Waals surface area (Å²) in [5.74, 6) is 1.10. The monoisotopic (exact) mass is 453 g/mol. The molecule has 3 aromatic heterocycles. The number of aromatic amines is 1. The van der Waals surface area contributed by atoms with Crippen LogP contribution in [-0.2, 0) is 6.54 Å². The fraction of sp³-hybridized carbons (Fsp3) is 0.115. The molecule has 0 bridgehead atoms. The number of nitrogens with one attached hydrogen (secondary N) is 1. The minimum absolute atomic E-state index is 0.210. The molecule has 0 saturated heterocycles. The van der Waals surface area contributed by atoms with Crippen LogP contribution in [-0.4, -0.2) is 39.7 Å². The summed E-state index contributed by atoms with van der Waals surface area (Å²) in [7, 11) is 3.19. The first-order valence-corrected chi connectivity index (χ1v) is 10.7. The number of H-pyrrole nitrogens is 1. The number of para-hydroxylation sites is 1. The van der Waals surface area contributed by atoms with E-state index in [2.05, 4.69) is 15.2 Å². The molecule has 170 valence electrons. The van der Waals surface area contributed by atoms with Gasteiger partial charge in [0.15, 0.2) is 0 Å². The number of nitrogens with zero attached hydrogens (tertiary/aromatic N) is 4. The lowest BCUT2D eigenvalue weighted by Gasteiger charge is -2.22. The van der Waals surface area contributed by atoms with Crippen LogP contribution in [0.5, 0.6) is 11.5 Å². The average Bonchev–Trinajstić information content (AvgIpc) is 3.55. The quantitative estimate of drug-likeness (QED) is 0.390. The maximum absolute atomic E-state index is 13.7. The molecule has 5 rings (SSSR count). The van der Waals surface area contributed by atoms with Crippen molar-refractivity contribution in [1.29, 1.82) is 0 Å². The molecule has 8 heteroatoms. The second kappa shape index (κ2) is 9.11. The number of aromatic nitrogens is 4. The van der Waals surface area contributed by atoms with E-state index in [0.29, 0.717) is 29.4 Å². The van der Waals surface area contributed by atoms with Gasteiger partial charge in [0, 0.05) is 17.4 Å². The first kappa shape index (κ1) is 21.3. The number of hydrogen-bond donors (Lipinski definition) is 1. The molecule has 34 heavy (non-hydrogen) atoms. The fourth-order valence-electron chi connectivity index (χ4n) is 3.88. The average molecular weight is 454 g/mol. The van der Waals surface area contributed by atoms with Crippen LogP contribution in [0.25, 0.3) is 16.9 Å². The molecule has 0 aliphatic rings. The Morgan fingerprint density at radius 2 is 1.82 bits per heavy atom. The molecule has 8 nitrogen and oxygen atoms in total.